The molecule has 1 amide bonds. The molecule has 1 unspecified atom stereocenters. The zero-order chi connectivity index (χ0) is 20.2. The normalized spacial score (nSPS) is 15.4. The maximum Gasteiger partial charge on any atom is 0.226 e. The molecule has 4 rings (SSSR count). The number of nitrogens with zero attached hydrogens (tertiary/aromatic N) is 4. The number of aromatic nitrogens is 3. The van der Waals surface area contributed by atoms with Crippen molar-refractivity contribution in [1.29, 1.82) is 0 Å². The Kier molecular flexibility index (Phi) is 5.55. The molecule has 2 aromatic heterocycles. The third-order valence-corrected chi connectivity index (χ3v) is 5.08. The number of amides is 1. The van der Waals surface area contributed by atoms with Crippen LogP contribution < -0.4 is 9.64 Å². The Hall–Kier alpha value is -3.22. The monoisotopic (exact) mass is 392 g/mol. The fourth-order valence-electron chi connectivity index (χ4n) is 3.75. The number of ether oxygens (including phenoxy) is 1. The van der Waals surface area contributed by atoms with Crippen LogP contribution in [0.3, 0.4) is 0 Å². The van der Waals surface area contributed by atoms with Crippen LogP contribution in [0, 0.1) is 0 Å². The Balaban J connectivity index is 1.39. The van der Waals surface area contributed by atoms with E-state index in [-0.39, 0.29) is 11.8 Å². The SMILES string of the molecule is CCOc1cccc(Cc2noc(CCC3CN(C(C)=O)c4ccccc43)n2)n1. The van der Waals surface area contributed by atoms with Gasteiger partial charge in [0, 0.05) is 37.6 Å². The molecule has 1 atom stereocenters. The van der Waals surface area contributed by atoms with Crippen molar-refractivity contribution >= 4 is 11.6 Å². The molecule has 0 spiro atoms. The summed E-state index contributed by atoms with van der Waals surface area (Å²) in [7, 11) is 0. The van der Waals surface area contributed by atoms with Crippen molar-refractivity contribution in [3.05, 3.63) is 65.4 Å². The molecule has 3 aromatic rings. The van der Waals surface area contributed by atoms with Crippen molar-refractivity contribution in [1.82, 2.24) is 15.1 Å². The lowest BCUT2D eigenvalue weighted by Gasteiger charge is -2.14. The number of benzene rings is 1. The number of rotatable bonds is 7. The topological polar surface area (TPSA) is 81.4 Å². The zero-order valence-corrected chi connectivity index (χ0v) is 16.7. The standard InChI is InChI=1S/C22H24N4O3/c1-3-28-21-10-6-7-17(23-21)13-20-24-22(29-25-20)12-11-16-14-26(15(2)27)19-9-5-4-8-18(16)19/h4-10,16H,3,11-14H2,1-2H3. The molecule has 150 valence electrons. The van der Waals surface area contributed by atoms with Crippen molar-refractivity contribution in [3.8, 4) is 5.88 Å². The summed E-state index contributed by atoms with van der Waals surface area (Å²) < 4.78 is 10.9. The Bertz CT molecular complexity index is 1000. The number of carbonyl (C=O) groups excluding carboxylic acids is 1. The molecule has 7 heteroatoms. The molecule has 0 saturated heterocycles. The van der Waals surface area contributed by atoms with Crippen molar-refractivity contribution in [2.24, 2.45) is 0 Å². The molecular formula is C22H24N4O3. The summed E-state index contributed by atoms with van der Waals surface area (Å²) in [5.41, 5.74) is 3.06. The van der Waals surface area contributed by atoms with Gasteiger partial charge < -0.3 is 14.2 Å². The highest BCUT2D eigenvalue weighted by Gasteiger charge is 2.30. The second-order valence-corrected chi connectivity index (χ2v) is 7.11. The third kappa shape index (κ3) is 4.29. The fourth-order valence-corrected chi connectivity index (χ4v) is 3.75. The fraction of sp³-hybridized carbons (Fsp3) is 0.364. The minimum atomic E-state index is 0.0711. The van der Waals surface area contributed by atoms with Gasteiger partial charge in [-0.15, -0.1) is 0 Å². The molecule has 1 aromatic carbocycles. The predicted octanol–water partition coefficient (Wildman–Crippen LogP) is 3.54. The van der Waals surface area contributed by atoms with E-state index in [1.807, 2.05) is 48.2 Å². The summed E-state index contributed by atoms with van der Waals surface area (Å²) in [5.74, 6) is 2.17. The maximum atomic E-state index is 11.9. The molecule has 0 N–H and O–H groups in total. The summed E-state index contributed by atoms with van der Waals surface area (Å²) in [4.78, 5) is 22.7. The van der Waals surface area contributed by atoms with Crippen LogP contribution in [0.2, 0.25) is 0 Å². The molecular weight excluding hydrogens is 368 g/mol. The highest BCUT2D eigenvalue weighted by atomic mass is 16.5. The molecule has 0 radical (unpaired) electrons. The number of para-hydroxylation sites is 1. The maximum absolute atomic E-state index is 11.9. The second kappa shape index (κ2) is 8.43. The Morgan fingerprint density at radius 2 is 2.07 bits per heavy atom. The van der Waals surface area contributed by atoms with Crippen LogP contribution in [0.5, 0.6) is 5.88 Å². The van der Waals surface area contributed by atoms with Gasteiger partial charge in [0.05, 0.1) is 18.7 Å². The highest BCUT2D eigenvalue weighted by Crippen LogP contribution is 2.38. The van der Waals surface area contributed by atoms with Gasteiger partial charge >= 0.3 is 0 Å². The molecule has 1 aliphatic rings. The molecule has 7 nitrogen and oxygen atoms in total. The smallest absolute Gasteiger partial charge is 0.226 e. The van der Waals surface area contributed by atoms with Crippen LogP contribution in [-0.4, -0.2) is 34.2 Å². The van der Waals surface area contributed by atoms with Crippen molar-refractivity contribution in [2.75, 3.05) is 18.1 Å². The number of pyridine rings is 1. The summed E-state index contributed by atoms with van der Waals surface area (Å²) in [6, 6.07) is 13.7. The van der Waals surface area contributed by atoms with Gasteiger partial charge in [0.15, 0.2) is 5.82 Å². The minimum absolute atomic E-state index is 0.0711. The lowest BCUT2D eigenvalue weighted by Crippen LogP contribution is -2.27. The molecule has 0 saturated carbocycles. The van der Waals surface area contributed by atoms with E-state index in [1.54, 1.807) is 6.92 Å². The Labute approximate surface area is 169 Å². The van der Waals surface area contributed by atoms with Gasteiger partial charge in [-0.25, -0.2) is 4.98 Å². The van der Waals surface area contributed by atoms with E-state index in [4.69, 9.17) is 9.26 Å². The molecule has 1 aliphatic heterocycles. The first-order valence-corrected chi connectivity index (χ1v) is 9.91. The van der Waals surface area contributed by atoms with E-state index in [2.05, 4.69) is 21.2 Å². The Morgan fingerprint density at radius 1 is 1.21 bits per heavy atom. The Morgan fingerprint density at radius 3 is 2.90 bits per heavy atom. The van der Waals surface area contributed by atoms with E-state index in [0.29, 0.717) is 43.6 Å². The first-order valence-electron chi connectivity index (χ1n) is 9.91. The summed E-state index contributed by atoms with van der Waals surface area (Å²) in [6.07, 6.45) is 2.01. The van der Waals surface area contributed by atoms with Crippen LogP contribution in [0.25, 0.3) is 0 Å². The van der Waals surface area contributed by atoms with Crippen molar-refractivity contribution in [3.63, 3.8) is 0 Å². The quantitative estimate of drug-likeness (QED) is 0.612. The zero-order valence-electron chi connectivity index (χ0n) is 16.7. The first kappa shape index (κ1) is 19.1. The van der Waals surface area contributed by atoms with Crippen LogP contribution in [0.4, 0.5) is 5.69 Å². The van der Waals surface area contributed by atoms with Gasteiger partial charge in [-0.1, -0.05) is 29.4 Å². The third-order valence-electron chi connectivity index (χ3n) is 5.08. The molecule has 0 fully saturated rings. The average molecular weight is 392 g/mol. The van der Waals surface area contributed by atoms with E-state index >= 15 is 0 Å². The average Bonchev–Trinajstić information content (AvgIpc) is 3.31. The predicted molar refractivity (Wildman–Crippen MR) is 108 cm³/mol. The summed E-state index contributed by atoms with van der Waals surface area (Å²) >= 11 is 0. The largest absolute Gasteiger partial charge is 0.478 e. The van der Waals surface area contributed by atoms with Crippen LogP contribution in [-0.2, 0) is 17.6 Å². The van der Waals surface area contributed by atoms with Gasteiger partial charge in [-0.05, 0) is 31.0 Å². The van der Waals surface area contributed by atoms with Crippen molar-refractivity contribution < 1.29 is 14.1 Å². The van der Waals surface area contributed by atoms with Crippen LogP contribution in [0.15, 0.2) is 47.0 Å². The lowest BCUT2D eigenvalue weighted by atomic mass is 9.96. The first-order chi connectivity index (χ1) is 14.1. The number of hydrogen-bond donors (Lipinski definition) is 0. The van der Waals surface area contributed by atoms with Crippen molar-refractivity contribution in [2.45, 2.75) is 39.0 Å². The van der Waals surface area contributed by atoms with E-state index in [9.17, 15) is 4.79 Å². The second-order valence-electron chi connectivity index (χ2n) is 7.11. The van der Waals surface area contributed by atoms with Gasteiger partial charge in [0.1, 0.15) is 0 Å². The molecule has 0 aliphatic carbocycles. The van der Waals surface area contributed by atoms with Gasteiger partial charge in [0.2, 0.25) is 17.7 Å². The minimum Gasteiger partial charge on any atom is -0.478 e. The molecule has 29 heavy (non-hydrogen) atoms. The van der Waals surface area contributed by atoms with Gasteiger partial charge in [-0.3, -0.25) is 4.79 Å². The van der Waals surface area contributed by atoms with E-state index in [0.717, 1.165) is 17.8 Å². The summed E-state index contributed by atoms with van der Waals surface area (Å²) in [6.45, 7) is 4.81. The lowest BCUT2D eigenvalue weighted by molar-refractivity contribution is -0.116. The van der Waals surface area contributed by atoms with Gasteiger partial charge in [-0.2, -0.15) is 4.98 Å². The van der Waals surface area contributed by atoms with E-state index in [1.165, 1.54) is 5.56 Å². The number of fused-ring (bicyclic) bond motifs is 1. The molecule has 0 bridgehead atoms. The van der Waals surface area contributed by atoms with Crippen LogP contribution in [0.1, 0.15) is 49.2 Å². The molecule has 3 heterocycles. The van der Waals surface area contributed by atoms with Crippen LogP contribution >= 0.6 is 0 Å². The van der Waals surface area contributed by atoms with E-state index < -0.39 is 0 Å². The van der Waals surface area contributed by atoms with Gasteiger partial charge in [0.25, 0.3) is 0 Å². The highest BCUT2D eigenvalue weighted by molar-refractivity contribution is 5.94. The summed E-state index contributed by atoms with van der Waals surface area (Å²) in [5, 5.41) is 4.09. The number of carbonyl (C=O) groups is 1. The number of aryl methyl sites for hydroxylation is 1. The number of hydrogen-bond acceptors (Lipinski definition) is 6. The number of anilines is 1.